The van der Waals surface area contributed by atoms with Crippen LogP contribution in [0.5, 0.6) is 0 Å². The molecule has 0 aliphatic carbocycles. The zero-order valence-corrected chi connectivity index (χ0v) is 12.6. The molecule has 1 aliphatic heterocycles. The van der Waals surface area contributed by atoms with Crippen LogP contribution >= 0.6 is 15.9 Å². The minimum Gasteiger partial charge on any atom is -0.352 e. The lowest BCUT2D eigenvalue weighted by Crippen LogP contribution is -2.32. The Kier molecular flexibility index (Phi) is 5.11. The van der Waals surface area contributed by atoms with Crippen molar-refractivity contribution in [2.45, 2.75) is 19.3 Å². The summed E-state index contributed by atoms with van der Waals surface area (Å²) in [6.07, 6.45) is 2.39. The Hall–Kier alpha value is -1.43. The maximum Gasteiger partial charge on any atom is 0.251 e. The molecule has 0 aromatic heterocycles. The van der Waals surface area contributed by atoms with Crippen molar-refractivity contribution < 1.29 is 14.0 Å². The minimum absolute atomic E-state index is 0.0600. The molecule has 0 spiro atoms. The van der Waals surface area contributed by atoms with Gasteiger partial charge in [0.15, 0.2) is 0 Å². The predicted octanol–water partition coefficient (Wildman–Crippen LogP) is 2.33. The van der Waals surface area contributed by atoms with Gasteiger partial charge in [-0.05, 0) is 47.0 Å². The van der Waals surface area contributed by atoms with Crippen molar-refractivity contribution in [3.63, 3.8) is 0 Å². The van der Waals surface area contributed by atoms with Crippen LogP contribution in [0.15, 0.2) is 22.7 Å². The average Bonchev–Trinajstić information content (AvgIpc) is 2.95. The van der Waals surface area contributed by atoms with Gasteiger partial charge in [-0.3, -0.25) is 9.59 Å². The summed E-state index contributed by atoms with van der Waals surface area (Å²) in [5, 5.41) is 2.63. The van der Waals surface area contributed by atoms with Crippen molar-refractivity contribution >= 4 is 27.7 Å². The second-order valence-corrected chi connectivity index (χ2v) is 5.58. The first-order valence-corrected chi connectivity index (χ1v) is 7.38. The average molecular weight is 343 g/mol. The summed E-state index contributed by atoms with van der Waals surface area (Å²) in [6, 6.07) is 4.19. The van der Waals surface area contributed by atoms with Gasteiger partial charge in [0.05, 0.1) is 4.47 Å². The first-order chi connectivity index (χ1) is 9.58. The van der Waals surface area contributed by atoms with Crippen molar-refractivity contribution in [1.29, 1.82) is 0 Å². The van der Waals surface area contributed by atoms with E-state index in [4.69, 9.17) is 0 Å². The molecular formula is C14H16BrFN2O2. The molecule has 0 saturated carbocycles. The van der Waals surface area contributed by atoms with Crippen LogP contribution in [-0.2, 0) is 4.79 Å². The molecule has 108 valence electrons. The standard InChI is InChI=1S/C14H16BrFN2O2/c15-11-4-3-10(9-12(11)16)14(20)17-6-5-13(19)18-7-1-2-8-18/h3-4,9H,1-2,5-8H2,(H,17,20). The number of nitrogens with one attached hydrogen (secondary N) is 1. The molecule has 4 nitrogen and oxygen atoms in total. The number of halogens is 2. The number of amides is 2. The molecule has 1 aliphatic rings. The van der Waals surface area contributed by atoms with Crippen LogP contribution in [0, 0.1) is 5.82 Å². The van der Waals surface area contributed by atoms with E-state index in [-0.39, 0.29) is 30.3 Å². The molecule has 1 aromatic rings. The number of likely N-dealkylation sites (tertiary alicyclic amines) is 1. The fraction of sp³-hybridized carbons (Fsp3) is 0.429. The van der Waals surface area contributed by atoms with Gasteiger partial charge in [0.25, 0.3) is 5.91 Å². The van der Waals surface area contributed by atoms with Gasteiger partial charge in [-0.15, -0.1) is 0 Å². The Bertz CT molecular complexity index is 516. The van der Waals surface area contributed by atoms with Gasteiger partial charge in [-0.25, -0.2) is 4.39 Å². The van der Waals surface area contributed by atoms with E-state index in [1.165, 1.54) is 18.2 Å². The lowest BCUT2D eigenvalue weighted by molar-refractivity contribution is -0.129. The Morgan fingerprint density at radius 1 is 1.30 bits per heavy atom. The van der Waals surface area contributed by atoms with Crippen molar-refractivity contribution in [2.75, 3.05) is 19.6 Å². The van der Waals surface area contributed by atoms with Gasteiger partial charge in [0, 0.05) is 31.6 Å². The lowest BCUT2D eigenvalue weighted by Gasteiger charge is -2.15. The Balaban J connectivity index is 1.79. The third-order valence-corrected chi connectivity index (χ3v) is 3.91. The molecule has 2 amide bonds. The van der Waals surface area contributed by atoms with Crippen LogP contribution in [0.3, 0.4) is 0 Å². The van der Waals surface area contributed by atoms with Crippen LogP contribution in [-0.4, -0.2) is 36.3 Å². The normalized spacial score (nSPS) is 14.4. The second kappa shape index (κ2) is 6.83. The monoisotopic (exact) mass is 342 g/mol. The van der Waals surface area contributed by atoms with Gasteiger partial charge < -0.3 is 10.2 Å². The van der Waals surface area contributed by atoms with E-state index in [2.05, 4.69) is 21.2 Å². The van der Waals surface area contributed by atoms with E-state index in [0.717, 1.165) is 25.9 Å². The number of hydrogen-bond acceptors (Lipinski definition) is 2. The summed E-state index contributed by atoms with van der Waals surface area (Å²) < 4.78 is 13.6. The Morgan fingerprint density at radius 3 is 2.65 bits per heavy atom. The van der Waals surface area contributed by atoms with Crippen LogP contribution < -0.4 is 5.32 Å². The quantitative estimate of drug-likeness (QED) is 0.912. The van der Waals surface area contributed by atoms with Crippen molar-refractivity contribution in [2.24, 2.45) is 0 Å². The highest BCUT2D eigenvalue weighted by Gasteiger charge is 2.17. The van der Waals surface area contributed by atoms with Crippen molar-refractivity contribution in [3.8, 4) is 0 Å². The molecule has 1 saturated heterocycles. The second-order valence-electron chi connectivity index (χ2n) is 4.72. The zero-order valence-electron chi connectivity index (χ0n) is 11.0. The zero-order chi connectivity index (χ0) is 14.5. The summed E-state index contributed by atoms with van der Waals surface area (Å²) >= 11 is 3.03. The molecule has 20 heavy (non-hydrogen) atoms. The molecule has 1 heterocycles. The van der Waals surface area contributed by atoms with E-state index in [1.807, 2.05) is 4.90 Å². The minimum atomic E-state index is -0.481. The summed E-state index contributed by atoms with van der Waals surface area (Å²) in [5.41, 5.74) is 0.249. The molecule has 2 rings (SSSR count). The number of nitrogens with zero attached hydrogens (tertiary/aromatic N) is 1. The smallest absolute Gasteiger partial charge is 0.251 e. The third-order valence-electron chi connectivity index (χ3n) is 3.26. The summed E-state index contributed by atoms with van der Waals surface area (Å²) in [5.74, 6) is -0.791. The van der Waals surface area contributed by atoms with Gasteiger partial charge >= 0.3 is 0 Å². The van der Waals surface area contributed by atoms with E-state index >= 15 is 0 Å². The first-order valence-electron chi connectivity index (χ1n) is 6.59. The van der Waals surface area contributed by atoms with E-state index in [0.29, 0.717) is 4.47 Å². The highest BCUT2D eigenvalue weighted by Crippen LogP contribution is 2.16. The summed E-state index contributed by atoms with van der Waals surface area (Å²) in [4.78, 5) is 25.4. The molecule has 1 N–H and O–H groups in total. The Labute approximate surface area is 125 Å². The maximum atomic E-state index is 13.3. The molecule has 0 atom stereocenters. The Morgan fingerprint density at radius 2 is 2.00 bits per heavy atom. The van der Waals surface area contributed by atoms with E-state index in [9.17, 15) is 14.0 Å². The SMILES string of the molecule is O=C(NCCC(=O)N1CCCC1)c1ccc(Br)c(F)c1. The molecule has 1 fully saturated rings. The summed E-state index contributed by atoms with van der Waals surface area (Å²) in [7, 11) is 0. The molecule has 1 aromatic carbocycles. The number of carbonyl (C=O) groups excluding carboxylic acids is 2. The van der Waals surface area contributed by atoms with E-state index < -0.39 is 5.82 Å². The van der Waals surface area contributed by atoms with E-state index in [1.54, 1.807) is 0 Å². The van der Waals surface area contributed by atoms with Gasteiger partial charge in [0.2, 0.25) is 5.91 Å². The largest absolute Gasteiger partial charge is 0.352 e. The lowest BCUT2D eigenvalue weighted by atomic mass is 10.2. The topological polar surface area (TPSA) is 49.4 Å². The first kappa shape index (κ1) is 15.0. The van der Waals surface area contributed by atoms with Crippen molar-refractivity contribution in [1.82, 2.24) is 10.2 Å². The van der Waals surface area contributed by atoms with Crippen LogP contribution in [0.4, 0.5) is 4.39 Å². The highest BCUT2D eigenvalue weighted by atomic mass is 79.9. The number of rotatable bonds is 4. The van der Waals surface area contributed by atoms with Gasteiger partial charge in [0.1, 0.15) is 5.82 Å². The molecule has 6 heteroatoms. The highest BCUT2D eigenvalue weighted by molar-refractivity contribution is 9.10. The molecule has 0 radical (unpaired) electrons. The number of benzene rings is 1. The third kappa shape index (κ3) is 3.79. The van der Waals surface area contributed by atoms with Crippen LogP contribution in [0.25, 0.3) is 0 Å². The number of hydrogen-bond donors (Lipinski definition) is 1. The maximum absolute atomic E-state index is 13.3. The molecular weight excluding hydrogens is 327 g/mol. The van der Waals surface area contributed by atoms with Gasteiger partial charge in [-0.2, -0.15) is 0 Å². The van der Waals surface area contributed by atoms with Crippen LogP contribution in [0.2, 0.25) is 0 Å². The molecule has 0 bridgehead atoms. The van der Waals surface area contributed by atoms with Crippen LogP contribution in [0.1, 0.15) is 29.6 Å². The van der Waals surface area contributed by atoms with Crippen molar-refractivity contribution in [3.05, 3.63) is 34.1 Å². The molecule has 0 unspecified atom stereocenters. The number of carbonyl (C=O) groups is 2. The fourth-order valence-electron chi connectivity index (χ4n) is 2.15. The van der Waals surface area contributed by atoms with Gasteiger partial charge in [-0.1, -0.05) is 0 Å². The fourth-order valence-corrected chi connectivity index (χ4v) is 2.39. The summed E-state index contributed by atoms with van der Waals surface area (Å²) in [6.45, 7) is 1.89. The predicted molar refractivity (Wildman–Crippen MR) is 76.9 cm³/mol.